The SMILES string of the molecule is COc1ccc(S(=O)(=O)[C@H]2CS(=O)(=O)C[C@@H]2NCc2ccccc2OC)cc1. The van der Waals surface area contributed by atoms with Crippen LogP contribution in [0.25, 0.3) is 0 Å². The van der Waals surface area contributed by atoms with Crippen LogP contribution in [0.4, 0.5) is 0 Å². The van der Waals surface area contributed by atoms with Crippen molar-refractivity contribution in [1.82, 2.24) is 5.32 Å². The molecule has 2 atom stereocenters. The maximum Gasteiger partial charge on any atom is 0.183 e. The first kappa shape index (κ1) is 20.6. The summed E-state index contributed by atoms with van der Waals surface area (Å²) in [5, 5.41) is 2.06. The molecular formula is C19H23NO6S2. The van der Waals surface area contributed by atoms with Gasteiger partial charge in [0.05, 0.1) is 35.9 Å². The van der Waals surface area contributed by atoms with Gasteiger partial charge < -0.3 is 14.8 Å². The molecule has 7 nitrogen and oxygen atoms in total. The van der Waals surface area contributed by atoms with Crippen molar-refractivity contribution in [3.05, 3.63) is 54.1 Å². The van der Waals surface area contributed by atoms with E-state index in [-0.39, 0.29) is 10.6 Å². The molecule has 1 heterocycles. The lowest BCUT2D eigenvalue weighted by molar-refractivity contribution is 0.406. The molecule has 0 saturated carbocycles. The first-order chi connectivity index (χ1) is 13.3. The molecular weight excluding hydrogens is 402 g/mol. The Morgan fingerprint density at radius 2 is 1.68 bits per heavy atom. The van der Waals surface area contributed by atoms with E-state index in [1.54, 1.807) is 25.3 Å². The Hall–Kier alpha value is -2.10. The molecule has 28 heavy (non-hydrogen) atoms. The highest BCUT2D eigenvalue weighted by Crippen LogP contribution is 2.28. The molecule has 1 N–H and O–H groups in total. The van der Waals surface area contributed by atoms with E-state index < -0.39 is 36.7 Å². The largest absolute Gasteiger partial charge is 0.497 e. The Morgan fingerprint density at radius 3 is 2.32 bits per heavy atom. The van der Waals surface area contributed by atoms with Crippen molar-refractivity contribution in [1.29, 1.82) is 0 Å². The molecule has 1 saturated heterocycles. The van der Waals surface area contributed by atoms with Crippen LogP contribution in [0.3, 0.4) is 0 Å². The number of methoxy groups -OCH3 is 2. The fraction of sp³-hybridized carbons (Fsp3) is 0.368. The first-order valence-corrected chi connectivity index (χ1v) is 12.1. The van der Waals surface area contributed by atoms with Crippen molar-refractivity contribution in [2.45, 2.75) is 22.7 Å². The molecule has 0 spiro atoms. The van der Waals surface area contributed by atoms with Crippen molar-refractivity contribution in [3.8, 4) is 11.5 Å². The Labute approximate surface area is 165 Å². The number of rotatable bonds is 7. The van der Waals surface area contributed by atoms with Crippen LogP contribution in [-0.4, -0.2) is 53.9 Å². The van der Waals surface area contributed by atoms with E-state index in [0.29, 0.717) is 18.0 Å². The lowest BCUT2D eigenvalue weighted by Crippen LogP contribution is -2.43. The summed E-state index contributed by atoms with van der Waals surface area (Å²) in [6.07, 6.45) is 0. The third-order valence-corrected chi connectivity index (χ3v) is 9.00. The minimum atomic E-state index is -3.83. The van der Waals surface area contributed by atoms with Crippen molar-refractivity contribution < 1.29 is 26.3 Å². The fourth-order valence-electron chi connectivity index (χ4n) is 3.34. The molecule has 0 bridgehead atoms. The summed E-state index contributed by atoms with van der Waals surface area (Å²) in [7, 11) is -4.26. The average Bonchev–Trinajstić information content (AvgIpc) is 3.02. The monoisotopic (exact) mass is 425 g/mol. The van der Waals surface area contributed by atoms with Crippen LogP contribution in [0.2, 0.25) is 0 Å². The van der Waals surface area contributed by atoms with Gasteiger partial charge in [0, 0.05) is 18.2 Å². The standard InChI is InChI=1S/C19H23NO6S2/c1-25-15-7-9-16(10-8-15)28(23,24)19-13-27(21,22)12-17(19)20-11-14-5-3-4-6-18(14)26-2/h3-10,17,19-20H,11-13H2,1-2H3/t17-,19-/m0/s1. The summed E-state index contributed by atoms with van der Waals surface area (Å²) >= 11 is 0. The highest BCUT2D eigenvalue weighted by Gasteiger charge is 2.45. The number of hydrogen-bond donors (Lipinski definition) is 1. The normalized spacial score (nSPS) is 21.4. The van der Waals surface area contributed by atoms with E-state index in [1.807, 2.05) is 18.2 Å². The van der Waals surface area contributed by atoms with Gasteiger partial charge in [0.1, 0.15) is 11.5 Å². The third kappa shape index (κ3) is 4.31. The van der Waals surface area contributed by atoms with Gasteiger partial charge in [0.2, 0.25) is 0 Å². The van der Waals surface area contributed by atoms with Crippen LogP contribution in [0.5, 0.6) is 11.5 Å². The number of para-hydroxylation sites is 1. The lowest BCUT2D eigenvalue weighted by Gasteiger charge is -2.20. The van der Waals surface area contributed by atoms with Crippen molar-refractivity contribution in [3.63, 3.8) is 0 Å². The van der Waals surface area contributed by atoms with Crippen molar-refractivity contribution in [2.75, 3.05) is 25.7 Å². The smallest absolute Gasteiger partial charge is 0.183 e. The van der Waals surface area contributed by atoms with Gasteiger partial charge in [0.15, 0.2) is 19.7 Å². The number of nitrogens with one attached hydrogen (secondary N) is 1. The third-order valence-electron chi connectivity index (χ3n) is 4.83. The van der Waals surface area contributed by atoms with E-state index in [1.165, 1.54) is 19.2 Å². The maximum atomic E-state index is 13.1. The number of benzene rings is 2. The first-order valence-electron chi connectivity index (χ1n) is 8.70. The van der Waals surface area contributed by atoms with Crippen LogP contribution in [0.15, 0.2) is 53.4 Å². The molecule has 0 aliphatic carbocycles. The zero-order valence-electron chi connectivity index (χ0n) is 15.7. The molecule has 2 aromatic rings. The lowest BCUT2D eigenvalue weighted by atomic mass is 10.1. The van der Waals surface area contributed by atoms with Crippen LogP contribution >= 0.6 is 0 Å². The van der Waals surface area contributed by atoms with Crippen LogP contribution < -0.4 is 14.8 Å². The van der Waals surface area contributed by atoms with Gasteiger partial charge in [-0.05, 0) is 30.3 Å². The molecule has 0 unspecified atom stereocenters. The molecule has 0 amide bonds. The van der Waals surface area contributed by atoms with E-state index >= 15 is 0 Å². The van der Waals surface area contributed by atoms with E-state index in [2.05, 4.69) is 5.32 Å². The highest BCUT2D eigenvalue weighted by atomic mass is 32.2. The molecule has 1 aliphatic heterocycles. The van der Waals surface area contributed by atoms with E-state index in [9.17, 15) is 16.8 Å². The summed E-state index contributed by atoms with van der Waals surface area (Å²) in [6.45, 7) is 0.304. The quantitative estimate of drug-likeness (QED) is 0.716. The zero-order chi connectivity index (χ0) is 20.4. The predicted molar refractivity (Wildman–Crippen MR) is 106 cm³/mol. The van der Waals surface area contributed by atoms with Crippen molar-refractivity contribution >= 4 is 19.7 Å². The Bertz CT molecular complexity index is 1030. The van der Waals surface area contributed by atoms with Gasteiger partial charge in [-0.25, -0.2) is 16.8 Å². The van der Waals surface area contributed by atoms with Gasteiger partial charge in [0.25, 0.3) is 0 Å². The topological polar surface area (TPSA) is 98.8 Å². The maximum absolute atomic E-state index is 13.1. The molecule has 152 valence electrons. The van der Waals surface area contributed by atoms with Gasteiger partial charge in [-0.15, -0.1) is 0 Å². The average molecular weight is 426 g/mol. The van der Waals surface area contributed by atoms with Gasteiger partial charge in [-0.1, -0.05) is 18.2 Å². The molecule has 0 radical (unpaired) electrons. The Balaban J connectivity index is 1.85. The zero-order valence-corrected chi connectivity index (χ0v) is 17.3. The Kier molecular flexibility index (Phi) is 5.97. The predicted octanol–water partition coefficient (Wildman–Crippen LogP) is 1.43. The summed E-state index contributed by atoms with van der Waals surface area (Å²) in [5.41, 5.74) is 0.829. The molecule has 1 fully saturated rings. The number of hydrogen-bond acceptors (Lipinski definition) is 7. The summed E-state index contributed by atoms with van der Waals surface area (Å²) < 4.78 is 61.0. The minimum absolute atomic E-state index is 0.0829. The highest BCUT2D eigenvalue weighted by molar-refractivity contribution is 7.96. The Morgan fingerprint density at radius 1 is 1.00 bits per heavy atom. The summed E-state index contributed by atoms with van der Waals surface area (Å²) in [6, 6.07) is 12.6. The second-order valence-corrected chi connectivity index (χ2v) is 11.0. The molecule has 2 aromatic carbocycles. The van der Waals surface area contributed by atoms with Gasteiger partial charge in [-0.2, -0.15) is 0 Å². The van der Waals surface area contributed by atoms with Gasteiger partial charge >= 0.3 is 0 Å². The molecule has 9 heteroatoms. The molecule has 0 aromatic heterocycles. The second kappa shape index (κ2) is 8.10. The summed E-state index contributed by atoms with van der Waals surface area (Å²) in [4.78, 5) is 0.0829. The minimum Gasteiger partial charge on any atom is -0.497 e. The van der Waals surface area contributed by atoms with E-state index in [0.717, 1.165) is 5.56 Å². The number of ether oxygens (including phenoxy) is 2. The molecule has 1 aliphatic rings. The van der Waals surface area contributed by atoms with Crippen molar-refractivity contribution in [2.24, 2.45) is 0 Å². The fourth-order valence-corrected chi connectivity index (χ4v) is 8.06. The second-order valence-electron chi connectivity index (χ2n) is 6.64. The van der Waals surface area contributed by atoms with Crippen LogP contribution in [-0.2, 0) is 26.2 Å². The molecule has 3 rings (SSSR count). The van der Waals surface area contributed by atoms with Crippen LogP contribution in [0, 0.1) is 0 Å². The van der Waals surface area contributed by atoms with E-state index in [4.69, 9.17) is 9.47 Å². The summed E-state index contributed by atoms with van der Waals surface area (Å²) in [5.74, 6) is 0.571. The number of sulfone groups is 2. The van der Waals surface area contributed by atoms with Gasteiger partial charge in [-0.3, -0.25) is 0 Å². The van der Waals surface area contributed by atoms with Crippen LogP contribution in [0.1, 0.15) is 5.56 Å².